The summed E-state index contributed by atoms with van der Waals surface area (Å²) in [4.78, 5) is 36.0. The second kappa shape index (κ2) is 5.37. The minimum Gasteiger partial charge on any atom is -0.469 e. The first-order valence-electron chi connectivity index (χ1n) is 5.80. The molecule has 1 saturated heterocycles. The molecule has 0 radical (unpaired) electrons. The van der Waals surface area contributed by atoms with Crippen LogP contribution in [0.1, 0.15) is 27.2 Å². The van der Waals surface area contributed by atoms with Crippen molar-refractivity contribution in [3.05, 3.63) is 0 Å². The number of nitrogens with zero attached hydrogens (tertiary/aromatic N) is 1. The van der Waals surface area contributed by atoms with E-state index in [1.54, 1.807) is 20.8 Å². The number of hydrogen-bond acceptors (Lipinski definition) is 5. The van der Waals surface area contributed by atoms with Gasteiger partial charge in [-0.15, -0.1) is 0 Å². The van der Waals surface area contributed by atoms with Gasteiger partial charge < -0.3 is 9.47 Å². The van der Waals surface area contributed by atoms with Crippen molar-refractivity contribution in [1.29, 1.82) is 0 Å². The maximum absolute atomic E-state index is 11.8. The summed E-state index contributed by atoms with van der Waals surface area (Å²) in [6, 6.07) is 0. The lowest BCUT2D eigenvalue weighted by Gasteiger charge is -2.32. The van der Waals surface area contributed by atoms with Gasteiger partial charge in [-0.25, -0.2) is 4.79 Å². The van der Waals surface area contributed by atoms with Crippen LogP contribution in [0, 0.1) is 5.92 Å². The number of ether oxygens (including phenoxy) is 2. The smallest absolute Gasteiger partial charge is 0.410 e. The quantitative estimate of drug-likeness (QED) is 0.655. The van der Waals surface area contributed by atoms with Gasteiger partial charge in [0, 0.05) is 13.0 Å². The molecule has 1 aliphatic heterocycles. The molecule has 6 nitrogen and oxygen atoms in total. The first-order chi connectivity index (χ1) is 8.23. The Bertz CT molecular complexity index is 358. The standard InChI is InChI=1S/C12H19NO5/c1-12(2,3)18-11(16)13-6-8(10(15)17-4)5-9(14)7-13/h8H,5-7H2,1-4H3/t8-/m0/s1. The largest absolute Gasteiger partial charge is 0.469 e. The number of likely N-dealkylation sites (tertiary alicyclic amines) is 1. The van der Waals surface area contributed by atoms with Crippen molar-refractivity contribution in [1.82, 2.24) is 4.90 Å². The molecule has 0 aromatic carbocycles. The minimum atomic E-state index is -0.627. The predicted molar refractivity (Wildman–Crippen MR) is 62.9 cm³/mol. The third-order valence-electron chi connectivity index (χ3n) is 2.47. The van der Waals surface area contributed by atoms with E-state index in [4.69, 9.17) is 4.74 Å². The molecule has 1 aliphatic rings. The van der Waals surface area contributed by atoms with Crippen molar-refractivity contribution in [2.45, 2.75) is 32.8 Å². The summed E-state index contributed by atoms with van der Waals surface area (Å²) in [6.07, 6.45) is -0.462. The Hall–Kier alpha value is -1.59. The maximum atomic E-state index is 11.8. The second-order valence-electron chi connectivity index (χ2n) is 5.32. The van der Waals surface area contributed by atoms with Crippen molar-refractivity contribution >= 4 is 17.8 Å². The van der Waals surface area contributed by atoms with Crippen LogP contribution in [0.15, 0.2) is 0 Å². The van der Waals surface area contributed by atoms with Crippen LogP contribution in [0.25, 0.3) is 0 Å². The summed E-state index contributed by atoms with van der Waals surface area (Å²) in [5.41, 5.74) is -0.627. The molecular formula is C12H19NO5. The Kier molecular flexibility index (Phi) is 4.32. The van der Waals surface area contributed by atoms with Crippen LogP contribution in [0.3, 0.4) is 0 Å². The highest BCUT2D eigenvalue weighted by molar-refractivity contribution is 5.90. The summed E-state index contributed by atoms with van der Waals surface area (Å²) < 4.78 is 9.77. The van der Waals surface area contributed by atoms with Crippen LogP contribution in [0.2, 0.25) is 0 Å². The molecule has 1 heterocycles. The molecule has 0 unspecified atom stereocenters. The van der Waals surface area contributed by atoms with E-state index in [1.165, 1.54) is 12.0 Å². The van der Waals surface area contributed by atoms with Crippen molar-refractivity contribution in [2.75, 3.05) is 20.2 Å². The highest BCUT2D eigenvalue weighted by Gasteiger charge is 2.35. The van der Waals surface area contributed by atoms with Gasteiger partial charge in [0.25, 0.3) is 0 Å². The number of carbonyl (C=O) groups is 3. The molecule has 0 N–H and O–H groups in total. The fourth-order valence-electron chi connectivity index (χ4n) is 1.74. The lowest BCUT2D eigenvalue weighted by atomic mass is 9.97. The zero-order valence-electron chi connectivity index (χ0n) is 11.2. The summed E-state index contributed by atoms with van der Waals surface area (Å²) in [6.45, 7) is 5.38. The van der Waals surface area contributed by atoms with Crippen LogP contribution in [-0.4, -0.2) is 48.5 Å². The summed E-state index contributed by atoms with van der Waals surface area (Å²) >= 11 is 0. The van der Waals surface area contributed by atoms with Crippen LogP contribution in [-0.2, 0) is 19.1 Å². The van der Waals surface area contributed by atoms with Gasteiger partial charge in [0.05, 0.1) is 19.6 Å². The van der Waals surface area contributed by atoms with E-state index in [0.717, 1.165) is 0 Å². The number of ketones is 1. The number of methoxy groups -OCH3 is 1. The van der Waals surface area contributed by atoms with Crippen LogP contribution < -0.4 is 0 Å². The Labute approximate surface area is 106 Å². The van der Waals surface area contributed by atoms with Gasteiger partial charge in [0.2, 0.25) is 0 Å². The maximum Gasteiger partial charge on any atom is 0.410 e. The molecule has 0 saturated carbocycles. The monoisotopic (exact) mass is 257 g/mol. The molecule has 0 bridgehead atoms. The number of rotatable bonds is 1. The number of piperidine rings is 1. The molecule has 102 valence electrons. The van der Waals surface area contributed by atoms with E-state index in [0.29, 0.717) is 0 Å². The van der Waals surface area contributed by atoms with Gasteiger partial charge in [-0.05, 0) is 20.8 Å². The molecule has 6 heteroatoms. The number of carbonyl (C=O) groups excluding carboxylic acids is 3. The molecule has 18 heavy (non-hydrogen) atoms. The zero-order valence-corrected chi connectivity index (χ0v) is 11.2. The van der Waals surface area contributed by atoms with Gasteiger partial charge in [-0.1, -0.05) is 0 Å². The van der Waals surface area contributed by atoms with Crippen LogP contribution in [0.5, 0.6) is 0 Å². The molecule has 1 atom stereocenters. The summed E-state index contributed by atoms with van der Waals surface area (Å²) in [7, 11) is 1.26. The number of Topliss-reactive ketones (excluding diaryl/α,β-unsaturated/α-hetero) is 1. The molecular weight excluding hydrogens is 238 g/mol. The van der Waals surface area contributed by atoms with E-state index < -0.39 is 23.6 Å². The average molecular weight is 257 g/mol. The van der Waals surface area contributed by atoms with E-state index >= 15 is 0 Å². The summed E-state index contributed by atoms with van der Waals surface area (Å²) in [5.74, 6) is -1.23. The predicted octanol–water partition coefficient (Wildman–Crippen LogP) is 0.985. The molecule has 1 rings (SSSR count). The number of esters is 1. The molecule has 1 amide bonds. The lowest BCUT2D eigenvalue weighted by Crippen LogP contribution is -2.48. The van der Waals surface area contributed by atoms with Gasteiger partial charge in [0.15, 0.2) is 5.78 Å². The lowest BCUT2D eigenvalue weighted by molar-refractivity contribution is -0.149. The Morgan fingerprint density at radius 3 is 2.44 bits per heavy atom. The first-order valence-corrected chi connectivity index (χ1v) is 5.80. The van der Waals surface area contributed by atoms with Gasteiger partial charge in [-0.3, -0.25) is 14.5 Å². The summed E-state index contributed by atoms with van der Waals surface area (Å²) in [5, 5.41) is 0. The van der Waals surface area contributed by atoms with Crippen molar-refractivity contribution < 1.29 is 23.9 Å². The van der Waals surface area contributed by atoms with Crippen molar-refractivity contribution in [3.8, 4) is 0 Å². The first kappa shape index (κ1) is 14.5. The van der Waals surface area contributed by atoms with E-state index in [2.05, 4.69) is 4.74 Å². The van der Waals surface area contributed by atoms with E-state index in [-0.39, 0.29) is 25.3 Å². The molecule has 0 aromatic heterocycles. The third kappa shape index (κ3) is 4.01. The van der Waals surface area contributed by atoms with Gasteiger partial charge >= 0.3 is 12.1 Å². The van der Waals surface area contributed by atoms with Crippen molar-refractivity contribution in [3.63, 3.8) is 0 Å². The Morgan fingerprint density at radius 2 is 1.94 bits per heavy atom. The van der Waals surface area contributed by atoms with Gasteiger partial charge in [0.1, 0.15) is 5.60 Å². The average Bonchev–Trinajstić information content (AvgIpc) is 2.24. The molecule has 0 aliphatic carbocycles. The third-order valence-corrected chi connectivity index (χ3v) is 2.47. The second-order valence-corrected chi connectivity index (χ2v) is 5.32. The van der Waals surface area contributed by atoms with Crippen LogP contribution in [0.4, 0.5) is 4.79 Å². The minimum absolute atomic E-state index is 0.0115. The molecule has 1 fully saturated rings. The number of hydrogen-bond donors (Lipinski definition) is 0. The molecule has 0 aromatic rings. The highest BCUT2D eigenvalue weighted by atomic mass is 16.6. The van der Waals surface area contributed by atoms with E-state index in [9.17, 15) is 14.4 Å². The molecule has 0 spiro atoms. The van der Waals surface area contributed by atoms with Crippen molar-refractivity contribution in [2.24, 2.45) is 5.92 Å². The normalized spacial score (nSPS) is 20.6. The zero-order chi connectivity index (χ0) is 13.9. The Balaban J connectivity index is 2.69. The fraction of sp³-hybridized carbons (Fsp3) is 0.750. The fourth-order valence-corrected chi connectivity index (χ4v) is 1.74. The van der Waals surface area contributed by atoms with Crippen LogP contribution >= 0.6 is 0 Å². The Morgan fingerprint density at radius 1 is 1.33 bits per heavy atom. The topological polar surface area (TPSA) is 72.9 Å². The van der Waals surface area contributed by atoms with Gasteiger partial charge in [-0.2, -0.15) is 0 Å². The number of amides is 1. The SMILES string of the molecule is COC(=O)[C@H]1CC(=O)CN(C(=O)OC(C)(C)C)C1. The van der Waals surface area contributed by atoms with E-state index in [1.807, 2.05) is 0 Å². The highest BCUT2D eigenvalue weighted by Crippen LogP contribution is 2.18.